The van der Waals surface area contributed by atoms with Crippen LogP contribution < -0.4 is 0 Å². The molecule has 0 aliphatic carbocycles. The van der Waals surface area contributed by atoms with Crippen molar-refractivity contribution in [2.45, 2.75) is 46.6 Å². The van der Waals surface area contributed by atoms with Gasteiger partial charge in [0.05, 0.1) is 0 Å². The zero-order valence-electron chi connectivity index (χ0n) is 12.6. The third kappa shape index (κ3) is 5.03. The molecule has 0 saturated carbocycles. The summed E-state index contributed by atoms with van der Waals surface area (Å²) in [4.78, 5) is 24.3. The number of aryl methyl sites for hydroxylation is 3. The van der Waals surface area contributed by atoms with Crippen molar-refractivity contribution in [1.82, 2.24) is 4.90 Å². The molecular formula is C16H23NO3. The van der Waals surface area contributed by atoms with Crippen LogP contribution in [0.3, 0.4) is 0 Å². The highest BCUT2D eigenvalue weighted by molar-refractivity contribution is 5.81. The van der Waals surface area contributed by atoms with Gasteiger partial charge in [-0.3, -0.25) is 9.59 Å². The molecule has 1 N–H and O–H groups in total. The lowest BCUT2D eigenvalue weighted by atomic mass is 10.0. The van der Waals surface area contributed by atoms with Crippen molar-refractivity contribution < 1.29 is 14.7 Å². The van der Waals surface area contributed by atoms with E-state index in [2.05, 4.69) is 18.2 Å². The van der Waals surface area contributed by atoms with Gasteiger partial charge in [0.25, 0.3) is 0 Å². The van der Waals surface area contributed by atoms with E-state index in [4.69, 9.17) is 5.11 Å². The largest absolute Gasteiger partial charge is 0.480 e. The average Bonchev–Trinajstić information content (AvgIpc) is 2.31. The van der Waals surface area contributed by atoms with Crippen molar-refractivity contribution in [2.24, 2.45) is 0 Å². The van der Waals surface area contributed by atoms with Crippen LogP contribution in [0, 0.1) is 13.8 Å². The molecule has 0 aromatic heterocycles. The van der Waals surface area contributed by atoms with Gasteiger partial charge in [0, 0.05) is 12.5 Å². The normalized spacial score (nSPS) is 10.7. The van der Waals surface area contributed by atoms with Gasteiger partial charge in [0.2, 0.25) is 5.91 Å². The number of amides is 1. The summed E-state index contributed by atoms with van der Waals surface area (Å²) in [5.74, 6) is -1.08. The lowest BCUT2D eigenvalue weighted by Crippen LogP contribution is -2.40. The van der Waals surface area contributed by atoms with Crippen LogP contribution in [-0.2, 0) is 16.0 Å². The highest BCUT2D eigenvalue weighted by Crippen LogP contribution is 2.12. The Morgan fingerprint density at radius 1 is 1.15 bits per heavy atom. The van der Waals surface area contributed by atoms with Crippen molar-refractivity contribution in [3.05, 3.63) is 34.9 Å². The fourth-order valence-electron chi connectivity index (χ4n) is 2.31. The summed E-state index contributed by atoms with van der Waals surface area (Å²) in [5, 5.41) is 8.85. The Bertz CT molecular complexity index is 474. The van der Waals surface area contributed by atoms with Crippen molar-refractivity contribution in [3.63, 3.8) is 0 Å². The first-order chi connectivity index (χ1) is 9.29. The number of hydrogen-bond donors (Lipinski definition) is 1. The van der Waals surface area contributed by atoms with E-state index in [9.17, 15) is 9.59 Å². The van der Waals surface area contributed by atoms with Crippen LogP contribution in [-0.4, -0.2) is 34.5 Å². The van der Waals surface area contributed by atoms with Gasteiger partial charge in [0.15, 0.2) is 0 Å². The van der Waals surface area contributed by atoms with Crippen LogP contribution in [0.15, 0.2) is 18.2 Å². The second kappa shape index (κ2) is 7.08. The molecule has 4 nitrogen and oxygen atoms in total. The summed E-state index contributed by atoms with van der Waals surface area (Å²) in [6.07, 6.45) is 0.985. The van der Waals surface area contributed by atoms with Crippen molar-refractivity contribution >= 4 is 11.9 Å². The van der Waals surface area contributed by atoms with Crippen LogP contribution in [0.2, 0.25) is 0 Å². The van der Waals surface area contributed by atoms with Gasteiger partial charge < -0.3 is 10.0 Å². The van der Waals surface area contributed by atoms with Crippen LogP contribution in [0.5, 0.6) is 0 Å². The van der Waals surface area contributed by atoms with Crippen molar-refractivity contribution in [1.29, 1.82) is 0 Å². The number of carbonyl (C=O) groups excluding carboxylic acids is 1. The van der Waals surface area contributed by atoms with Gasteiger partial charge in [-0.2, -0.15) is 0 Å². The van der Waals surface area contributed by atoms with Crippen molar-refractivity contribution in [3.8, 4) is 0 Å². The van der Waals surface area contributed by atoms with E-state index in [0.717, 1.165) is 5.56 Å². The first-order valence-corrected chi connectivity index (χ1v) is 6.88. The Kier molecular flexibility index (Phi) is 5.74. The molecule has 0 saturated heterocycles. The molecular weight excluding hydrogens is 254 g/mol. The lowest BCUT2D eigenvalue weighted by molar-refractivity contribution is -0.145. The Hall–Kier alpha value is -1.84. The van der Waals surface area contributed by atoms with E-state index in [1.807, 2.05) is 27.7 Å². The molecule has 0 fully saturated rings. The van der Waals surface area contributed by atoms with E-state index in [-0.39, 0.29) is 18.5 Å². The summed E-state index contributed by atoms with van der Waals surface area (Å²) in [6, 6.07) is 6.13. The summed E-state index contributed by atoms with van der Waals surface area (Å²) in [6.45, 7) is 7.49. The van der Waals surface area contributed by atoms with E-state index >= 15 is 0 Å². The minimum Gasteiger partial charge on any atom is -0.480 e. The third-order valence-corrected chi connectivity index (χ3v) is 3.16. The maximum atomic E-state index is 12.1. The zero-order chi connectivity index (χ0) is 15.3. The molecule has 20 heavy (non-hydrogen) atoms. The molecule has 0 aliphatic heterocycles. The first-order valence-electron chi connectivity index (χ1n) is 6.88. The third-order valence-electron chi connectivity index (χ3n) is 3.16. The molecule has 1 aromatic rings. The standard InChI is InChI=1S/C16H23NO3/c1-11(2)17(10-16(19)20)15(18)6-5-14-8-12(3)7-13(4)9-14/h7-9,11H,5-6,10H2,1-4H3,(H,19,20). The van der Waals surface area contributed by atoms with Gasteiger partial charge in [-0.25, -0.2) is 0 Å². The Labute approximate surface area is 120 Å². The Balaban J connectivity index is 2.67. The number of rotatable bonds is 6. The van der Waals surface area contributed by atoms with E-state index < -0.39 is 5.97 Å². The predicted molar refractivity (Wildman–Crippen MR) is 78.7 cm³/mol. The zero-order valence-corrected chi connectivity index (χ0v) is 12.6. The summed E-state index contributed by atoms with van der Waals surface area (Å²) in [5.41, 5.74) is 3.48. The number of carboxylic acid groups (broad SMARTS) is 1. The molecule has 0 bridgehead atoms. The van der Waals surface area contributed by atoms with E-state index in [1.54, 1.807) is 0 Å². The van der Waals surface area contributed by atoms with Gasteiger partial charge in [-0.15, -0.1) is 0 Å². The molecule has 4 heteroatoms. The fourth-order valence-corrected chi connectivity index (χ4v) is 2.31. The van der Waals surface area contributed by atoms with Crippen LogP contribution in [0.4, 0.5) is 0 Å². The molecule has 110 valence electrons. The number of nitrogens with zero attached hydrogens (tertiary/aromatic N) is 1. The smallest absolute Gasteiger partial charge is 0.323 e. The molecule has 1 rings (SSSR count). The summed E-state index contributed by atoms with van der Waals surface area (Å²) in [7, 11) is 0. The minimum absolute atomic E-state index is 0.0992. The van der Waals surface area contributed by atoms with Gasteiger partial charge >= 0.3 is 5.97 Å². The highest BCUT2D eigenvalue weighted by Gasteiger charge is 2.19. The quantitative estimate of drug-likeness (QED) is 0.869. The Morgan fingerprint density at radius 3 is 2.15 bits per heavy atom. The second-order valence-electron chi connectivity index (χ2n) is 5.51. The number of hydrogen-bond acceptors (Lipinski definition) is 2. The average molecular weight is 277 g/mol. The Morgan fingerprint density at radius 2 is 1.70 bits per heavy atom. The SMILES string of the molecule is Cc1cc(C)cc(CCC(=O)N(CC(=O)O)C(C)C)c1. The molecule has 0 aliphatic rings. The molecule has 0 radical (unpaired) electrons. The first kappa shape index (κ1) is 16.2. The summed E-state index contributed by atoms with van der Waals surface area (Å²) < 4.78 is 0. The minimum atomic E-state index is -0.974. The van der Waals surface area contributed by atoms with Gasteiger partial charge in [-0.05, 0) is 39.7 Å². The fraction of sp³-hybridized carbons (Fsp3) is 0.500. The van der Waals surface area contributed by atoms with Crippen LogP contribution >= 0.6 is 0 Å². The van der Waals surface area contributed by atoms with E-state index in [1.165, 1.54) is 16.0 Å². The van der Waals surface area contributed by atoms with Gasteiger partial charge in [-0.1, -0.05) is 29.3 Å². The lowest BCUT2D eigenvalue weighted by Gasteiger charge is -2.25. The van der Waals surface area contributed by atoms with Crippen LogP contribution in [0.1, 0.15) is 37.0 Å². The number of aliphatic carboxylic acids is 1. The monoisotopic (exact) mass is 277 g/mol. The number of benzene rings is 1. The van der Waals surface area contributed by atoms with Crippen molar-refractivity contribution in [2.75, 3.05) is 6.54 Å². The maximum Gasteiger partial charge on any atom is 0.323 e. The van der Waals surface area contributed by atoms with E-state index in [0.29, 0.717) is 12.8 Å². The molecule has 1 amide bonds. The number of carbonyl (C=O) groups is 2. The van der Waals surface area contributed by atoms with Gasteiger partial charge in [0.1, 0.15) is 6.54 Å². The highest BCUT2D eigenvalue weighted by atomic mass is 16.4. The van der Waals surface area contributed by atoms with Crippen LogP contribution in [0.25, 0.3) is 0 Å². The number of carboxylic acids is 1. The summed E-state index contributed by atoms with van der Waals surface area (Å²) >= 11 is 0. The molecule has 0 unspecified atom stereocenters. The molecule has 0 heterocycles. The second-order valence-corrected chi connectivity index (χ2v) is 5.51. The predicted octanol–water partition coefficient (Wildman–Crippen LogP) is 2.56. The molecule has 1 aromatic carbocycles. The topological polar surface area (TPSA) is 57.6 Å². The molecule has 0 spiro atoms. The maximum absolute atomic E-state index is 12.1. The molecule has 0 atom stereocenters.